The van der Waals surface area contributed by atoms with Gasteiger partial charge < -0.3 is 9.51 Å². The van der Waals surface area contributed by atoms with Gasteiger partial charge in [0.05, 0.1) is 5.69 Å². The Bertz CT molecular complexity index is 1080. The van der Waals surface area contributed by atoms with Crippen molar-refractivity contribution in [3.63, 3.8) is 0 Å². The van der Waals surface area contributed by atoms with E-state index in [0.29, 0.717) is 17.4 Å². The number of hydrogen-bond acceptors (Lipinski definition) is 5. The standard InChI is InChI=1S/C17H12BrN5O2/c1-10-8-20-17(24)23(10)13-5-2-11(3-6-13)16-21-15(22-25-16)14-7-4-12(18)9-19-14/h2-9H,1H3,(H,20,24). The Hall–Kier alpha value is -3.00. The zero-order chi connectivity index (χ0) is 17.4. The summed E-state index contributed by atoms with van der Waals surface area (Å²) in [5, 5.41) is 3.97. The van der Waals surface area contributed by atoms with Crippen LogP contribution in [-0.4, -0.2) is 24.7 Å². The molecule has 0 unspecified atom stereocenters. The van der Waals surface area contributed by atoms with Crippen molar-refractivity contribution in [3.05, 3.63) is 69.4 Å². The summed E-state index contributed by atoms with van der Waals surface area (Å²) < 4.78 is 7.80. The van der Waals surface area contributed by atoms with Gasteiger partial charge in [0.1, 0.15) is 5.69 Å². The smallest absolute Gasteiger partial charge is 0.330 e. The first-order valence-electron chi connectivity index (χ1n) is 7.45. The van der Waals surface area contributed by atoms with E-state index in [1.807, 2.05) is 43.3 Å². The van der Waals surface area contributed by atoms with Crippen LogP contribution in [0.4, 0.5) is 0 Å². The van der Waals surface area contributed by atoms with E-state index in [9.17, 15) is 4.79 Å². The maximum Gasteiger partial charge on any atom is 0.330 e. The fraction of sp³-hybridized carbons (Fsp3) is 0.0588. The highest BCUT2D eigenvalue weighted by molar-refractivity contribution is 9.10. The Balaban J connectivity index is 1.65. The molecule has 3 heterocycles. The van der Waals surface area contributed by atoms with E-state index in [1.54, 1.807) is 17.0 Å². The van der Waals surface area contributed by atoms with Crippen LogP contribution in [0, 0.1) is 6.92 Å². The summed E-state index contributed by atoms with van der Waals surface area (Å²) >= 11 is 3.34. The van der Waals surface area contributed by atoms with E-state index >= 15 is 0 Å². The Kier molecular flexibility index (Phi) is 3.81. The number of pyridine rings is 1. The molecular formula is C17H12BrN5O2. The van der Waals surface area contributed by atoms with Crippen molar-refractivity contribution in [3.8, 4) is 28.7 Å². The van der Waals surface area contributed by atoms with Gasteiger partial charge in [0, 0.05) is 28.1 Å². The van der Waals surface area contributed by atoms with Crippen molar-refractivity contribution >= 4 is 15.9 Å². The number of rotatable bonds is 3. The zero-order valence-electron chi connectivity index (χ0n) is 13.1. The van der Waals surface area contributed by atoms with Crippen molar-refractivity contribution in [1.82, 2.24) is 24.7 Å². The summed E-state index contributed by atoms with van der Waals surface area (Å²) in [7, 11) is 0. The van der Waals surface area contributed by atoms with Crippen LogP contribution in [0.5, 0.6) is 0 Å². The first-order valence-corrected chi connectivity index (χ1v) is 8.24. The predicted octanol–water partition coefficient (Wildman–Crippen LogP) is 3.35. The van der Waals surface area contributed by atoms with Crippen molar-refractivity contribution in [2.24, 2.45) is 0 Å². The van der Waals surface area contributed by atoms with Crippen LogP contribution in [0.25, 0.3) is 28.7 Å². The van der Waals surface area contributed by atoms with Crippen LogP contribution in [-0.2, 0) is 0 Å². The normalized spacial score (nSPS) is 11.0. The molecule has 0 atom stereocenters. The minimum atomic E-state index is -0.174. The SMILES string of the molecule is Cc1c[nH]c(=O)n1-c1ccc(-c2nc(-c3ccc(Br)cn3)no2)cc1. The van der Waals surface area contributed by atoms with Gasteiger partial charge in [-0.25, -0.2) is 4.79 Å². The molecule has 0 saturated heterocycles. The molecule has 0 radical (unpaired) electrons. The van der Waals surface area contributed by atoms with Crippen molar-refractivity contribution in [2.75, 3.05) is 0 Å². The molecular weight excluding hydrogens is 386 g/mol. The van der Waals surface area contributed by atoms with Crippen LogP contribution in [0.3, 0.4) is 0 Å². The van der Waals surface area contributed by atoms with Crippen LogP contribution in [0.1, 0.15) is 5.69 Å². The summed E-state index contributed by atoms with van der Waals surface area (Å²) in [6.45, 7) is 1.86. The molecule has 0 amide bonds. The van der Waals surface area contributed by atoms with E-state index in [2.05, 4.69) is 36.0 Å². The summed E-state index contributed by atoms with van der Waals surface area (Å²) in [6, 6.07) is 11.0. The van der Waals surface area contributed by atoms with Gasteiger partial charge in [0.2, 0.25) is 5.82 Å². The van der Waals surface area contributed by atoms with Gasteiger partial charge >= 0.3 is 5.69 Å². The highest BCUT2D eigenvalue weighted by atomic mass is 79.9. The Morgan fingerprint density at radius 2 is 1.96 bits per heavy atom. The third-order valence-electron chi connectivity index (χ3n) is 3.72. The second-order valence-electron chi connectivity index (χ2n) is 5.40. The van der Waals surface area contributed by atoms with Gasteiger partial charge in [-0.15, -0.1) is 0 Å². The third kappa shape index (κ3) is 2.91. The highest BCUT2D eigenvalue weighted by Gasteiger charge is 2.12. The quantitative estimate of drug-likeness (QED) is 0.572. The van der Waals surface area contributed by atoms with Gasteiger partial charge in [-0.3, -0.25) is 9.55 Å². The van der Waals surface area contributed by atoms with E-state index in [4.69, 9.17) is 4.52 Å². The molecule has 0 aliphatic heterocycles. The molecule has 0 aliphatic carbocycles. The van der Waals surface area contributed by atoms with Gasteiger partial charge in [0.25, 0.3) is 5.89 Å². The van der Waals surface area contributed by atoms with Crippen LogP contribution in [0.2, 0.25) is 0 Å². The predicted molar refractivity (Wildman–Crippen MR) is 95.3 cm³/mol. The van der Waals surface area contributed by atoms with Gasteiger partial charge in [0.15, 0.2) is 0 Å². The molecule has 1 N–H and O–H groups in total. The average Bonchev–Trinajstić information content (AvgIpc) is 3.23. The first kappa shape index (κ1) is 15.5. The summed E-state index contributed by atoms with van der Waals surface area (Å²) in [5.41, 5.74) is 2.82. The molecule has 124 valence electrons. The monoisotopic (exact) mass is 397 g/mol. The number of H-pyrrole nitrogens is 1. The second-order valence-corrected chi connectivity index (χ2v) is 6.32. The van der Waals surface area contributed by atoms with E-state index in [1.165, 1.54) is 0 Å². The molecule has 0 bridgehead atoms. The van der Waals surface area contributed by atoms with Crippen LogP contribution >= 0.6 is 15.9 Å². The number of halogens is 1. The Labute approximate surface area is 150 Å². The molecule has 25 heavy (non-hydrogen) atoms. The number of aryl methyl sites for hydroxylation is 1. The molecule has 7 nitrogen and oxygen atoms in total. The van der Waals surface area contributed by atoms with Crippen molar-refractivity contribution in [1.29, 1.82) is 0 Å². The largest absolute Gasteiger partial charge is 0.334 e. The highest BCUT2D eigenvalue weighted by Crippen LogP contribution is 2.23. The van der Waals surface area contributed by atoms with Crippen LogP contribution < -0.4 is 5.69 Å². The van der Waals surface area contributed by atoms with Crippen LogP contribution in [0.15, 0.2) is 62.6 Å². The summed E-state index contributed by atoms with van der Waals surface area (Å²) in [5.74, 6) is 0.814. The molecule has 0 aliphatic rings. The molecule has 1 aromatic carbocycles. The van der Waals surface area contributed by atoms with E-state index in [0.717, 1.165) is 21.4 Å². The van der Waals surface area contributed by atoms with E-state index in [-0.39, 0.29) is 5.69 Å². The molecule has 0 saturated carbocycles. The minimum absolute atomic E-state index is 0.174. The molecule has 0 fully saturated rings. The topological polar surface area (TPSA) is 89.6 Å². The lowest BCUT2D eigenvalue weighted by molar-refractivity contribution is 0.432. The maximum atomic E-state index is 11.8. The summed E-state index contributed by atoms with van der Waals surface area (Å²) in [6.07, 6.45) is 3.35. The fourth-order valence-electron chi connectivity index (χ4n) is 2.48. The lowest BCUT2D eigenvalue weighted by Gasteiger charge is -2.04. The molecule has 8 heteroatoms. The third-order valence-corrected chi connectivity index (χ3v) is 4.18. The Morgan fingerprint density at radius 3 is 2.60 bits per heavy atom. The second kappa shape index (κ2) is 6.14. The number of aromatic nitrogens is 5. The van der Waals surface area contributed by atoms with Gasteiger partial charge in [-0.1, -0.05) is 5.16 Å². The maximum absolute atomic E-state index is 11.8. The molecule has 4 rings (SSSR count). The van der Waals surface area contributed by atoms with Crippen molar-refractivity contribution in [2.45, 2.75) is 6.92 Å². The molecule has 4 aromatic rings. The number of imidazole rings is 1. The van der Waals surface area contributed by atoms with Crippen molar-refractivity contribution < 1.29 is 4.52 Å². The fourth-order valence-corrected chi connectivity index (χ4v) is 2.72. The van der Waals surface area contributed by atoms with Gasteiger partial charge in [-0.2, -0.15) is 4.98 Å². The number of nitrogens with zero attached hydrogens (tertiary/aromatic N) is 4. The lowest BCUT2D eigenvalue weighted by atomic mass is 10.2. The minimum Gasteiger partial charge on any atom is -0.334 e. The number of nitrogens with one attached hydrogen (secondary N) is 1. The number of aromatic amines is 1. The van der Waals surface area contributed by atoms with Gasteiger partial charge in [-0.05, 0) is 59.3 Å². The number of benzene rings is 1. The average molecular weight is 398 g/mol. The molecule has 3 aromatic heterocycles. The lowest BCUT2D eigenvalue weighted by Crippen LogP contribution is -2.15. The molecule has 0 spiro atoms. The first-order chi connectivity index (χ1) is 12.1. The number of hydrogen-bond donors (Lipinski definition) is 1. The summed E-state index contributed by atoms with van der Waals surface area (Å²) in [4.78, 5) is 23.1. The Morgan fingerprint density at radius 1 is 1.16 bits per heavy atom. The zero-order valence-corrected chi connectivity index (χ0v) is 14.7. The van der Waals surface area contributed by atoms with E-state index < -0.39 is 0 Å².